The number of likely N-dealkylation sites (N-methyl/N-ethyl adjacent to an activating group) is 2. The van der Waals surface area contributed by atoms with Gasteiger partial charge in [-0.1, -0.05) is 54.4 Å². The summed E-state index contributed by atoms with van der Waals surface area (Å²) in [6.07, 6.45) is 7.93. The van der Waals surface area contributed by atoms with Crippen molar-refractivity contribution < 1.29 is 28.7 Å². The molecule has 0 aromatic heterocycles. The molecule has 0 bridgehead atoms. The lowest BCUT2D eigenvalue weighted by Gasteiger charge is -2.38. The number of benzene rings is 2. The van der Waals surface area contributed by atoms with Gasteiger partial charge in [0.15, 0.2) is 0 Å². The summed E-state index contributed by atoms with van der Waals surface area (Å²) in [4.78, 5) is 10.2. The van der Waals surface area contributed by atoms with Gasteiger partial charge in [-0.2, -0.15) is 0 Å². The average molecular weight is 663 g/mol. The van der Waals surface area contributed by atoms with Crippen LogP contribution in [0.25, 0.3) is 0 Å². The van der Waals surface area contributed by atoms with Gasteiger partial charge in [0.05, 0.1) is 52.6 Å². The Morgan fingerprint density at radius 3 is 1.33 bits per heavy atom. The average Bonchev–Trinajstić information content (AvgIpc) is 3.01. The highest BCUT2D eigenvalue weighted by Gasteiger charge is 2.31. The third-order valence-electron chi connectivity index (χ3n) is 10.9. The van der Waals surface area contributed by atoms with Crippen molar-refractivity contribution in [2.75, 3.05) is 66.7 Å². The Labute approximate surface area is 289 Å². The molecule has 0 radical (unpaired) electrons. The number of morpholine rings is 2. The maximum atomic E-state index is 11.6. The van der Waals surface area contributed by atoms with Crippen molar-refractivity contribution in [2.24, 2.45) is 9.98 Å². The molecule has 0 spiro atoms. The summed E-state index contributed by atoms with van der Waals surface area (Å²) >= 11 is 0. The monoisotopic (exact) mass is 662 g/mol. The van der Waals surface area contributed by atoms with Crippen LogP contribution in [0, 0.1) is 0 Å². The molecule has 2 aromatic rings. The van der Waals surface area contributed by atoms with Crippen molar-refractivity contribution in [3.63, 3.8) is 0 Å². The molecule has 3 aliphatic rings. The Morgan fingerprint density at radius 1 is 0.646 bits per heavy atom. The summed E-state index contributed by atoms with van der Waals surface area (Å²) in [7, 11) is 4.51. The molecule has 8 heteroatoms. The van der Waals surface area contributed by atoms with E-state index >= 15 is 0 Å². The van der Waals surface area contributed by atoms with Crippen molar-refractivity contribution in [1.82, 2.24) is 0 Å². The number of quaternary nitrogens is 2. The van der Waals surface area contributed by atoms with Crippen molar-refractivity contribution in [3.8, 4) is 11.5 Å². The van der Waals surface area contributed by atoms with Crippen molar-refractivity contribution in [3.05, 3.63) is 57.6 Å². The van der Waals surface area contributed by atoms with Gasteiger partial charge in [-0.3, -0.25) is 9.98 Å². The quantitative estimate of drug-likeness (QED) is 0.250. The summed E-state index contributed by atoms with van der Waals surface area (Å²) in [5, 5.41) is 23.1. The SMILES string of the molecule is CC(C)(C)c1cc(/C=N/[C@@H]2CCCC[C@H]2/N=C/c2cc(C(C)(C)C)cc(C[N+]3(C)CCOCC3)c2O)c(O)c(C[N+]2(C)CCOCC2)c1. The first-order chi connectivity index (χ1) is 22.6. The van der Waals surface area contributed by atoms with Gasteiger partial charge in [-0.05, 0) is 59.1 Å². The molecule has 48 heavy (non-hydrogen) atoms. The molecule has 0 unspecified atom stereocenters. The van der Waals surface area contributed by atoms with Gasteiger partial charge >= 0.3 is 0 Å². The number of rotatable bonds is 8. The van der Waals surface area contributed by atoms with Crippen LogP contribution in [-0.2, 0) is 33.4 Å². The molecule has 8 nitrogen and oxygen atoms in total. The Balaban J connectivity index is 1.42. The Bertz CT molecular complexity index is 1360. The zero-order valence-corrected chi connectivity index (χ0v) is 31.0. The van der Waals surface area contributed by atoms with Gasteiger partial charge in [0.2, 0.25) is 0 Å². The van der Waals surface area contributed by atoms with E-state index in [-0.39, 0.29) is 22.9 Å². The third-order valence-corrected chi connectivity index (χ3v) is 10.9. The largest absolute Gasteiger partial charge is 0.507 e. The second-order valence-corrected chi connectivity index (χ2v) is 17.3. The Hall–Kier alpha value is -2.78. The van der Waals surface area contributed by atoms with E-state index in [0.29, 0.717) is 11.5 Å². The number of hydrogen-bond acceptors (Lipinski definition) is 6. The fraction of sp³-hybridized carbons (Fsp3) is 0.650. The fourth-order valence-corrected chi connectivity index (χ4v) is 7.24. The molecule has 2 saturated heterocycles. The lowest BCUT2D eigenvalue weighted by molar-refractivity contribution is -0.929. The topological polar surface area (TPSA) is 83.6 Å². The first-order valence-electron chi connectivity index (χ1n) is 18.2. The molecule has 2 N–H and O–H groups in total. The number of hydrogen-bond donors (Lipinski definition) is 2. The highest BCUT2D eigenvalue weighted by atomic mass is 16.5. The molecule has 5 rings (SSSR count). The van der Waals surface area contributed by atoms with Crippen LogP contribution >= 0.6 is 0 Å². The van der Waals surface area contributed by atoms with Gasteiger partial charge in [-0.25, -0.2) is 0 Å². The standard InChI is InChI=1S/C40H60N4O4/c1-39(2,3)33-21-29(37(45)31(23-33)27-43(7)13-17-47-18-14-43)25-41-35-11-9-10-12-36(35)42-26-30-22-34(40(4,5)6)24-32(38(30)46)28-44(8)15-19-48-20-16-44/h21-26,35-36H,9-20,27-28H2,1-8H3/p+2/t35-,36-/m1/s1. The normalized spacial score (nSPS) is 23.6. The molecule has 2 aliphatic heterocycles. The molecular formula is C40H62N4O4+2. The van der Waals surface area contributed by atoms with Gasteiger partial charge in [0.1, 0.15) is 50.8 Å². The van der Waals surface area contributed by atoms with Gasteiger partial charge in [0.25, 0.3) is 0 Å². The number of phenolic OH excluding ortho intramolecular Hbond substituents is 2. The number of ether oxygens (including phenoxy) is 2. The summed E-state index contributed by atoms with van der Waals surface area (Å²) < 4.78 is 13.0. The minimum absolute atomic E-state index is 0.0187. The van der Waals surface area contributed by atoms with E-state index in [1.165, 1.54) is 11.1 Å². The van der Waals surface area contributed by atoms with Crippen LogP contribution in [0.15, 0.2) is 34.3 Å². The fourth-order valence-electron chi connectivity index (χ4n) is 7.24. The van der Waals surface area contributed by atoms with Gasteiger partial charge in [-0.15, -0.1) is 0 Å². The molecule has 3 fully saturated rings. The lowest BCUT2D eigenvalue weighted by Crippen LogP contribution is -2.51. The number of aromatic hydroxyl groups is 2. The van der Waals surface area contributed by atoms with Crippen LogP contribution in [0.1, 0.15) is 101 Å². The summed E-state index contributed by atoms with van der Waals surface area (Å²) in [6.45, 7) is 21.6. The van der Waals surface area contributed by atoms with Crippen LogP contribution in [0.5, 0.6) is 11.5 Å². The van der Waals surface area contributed by atoms with Crippen LogP contribution in [0.3, 0.4) is 0 Å². The lowest BCUT2D eigenvalue weighted by atomic mass is 9.84. The van der Waals surface area contributed by atoms with Crippen LogP contribution < -0.4 is 0 Å². The predicted octanol–water partition coefficient (Wildman–Crippen LogP) is 6.50. The maximum Gasteiger partial charge on any atom is 0.133 e. The zero-order valence-electron chi connectivity index (χ0n) is 31.0. The third kappa shape index (κ3) is 9.06. The molecule has 1 aliphatic carbocycles. The van der Waals surface area contributed by atoms with Gasteiger partial charge < -0.3 is 28.7 Å². The van der Waals surface area contributed by atoms with Crippen molar-refractivity contribution >= 4 is 12.4 Å². The molecule has 2 aromatic carbocycles. The first kappa shape index (κ1) is 36.5. The predicted molar refractivity (Wildman–Crippen MR) is 196 cm³/mol. The zero-order chi connectivity index (χ0) is 34.7. The molecule has 1 saturated carbocycles. The second kappa shape index (κ2) is 14.6. The van der Waals surface area contributed by atoms with Crippen LogP contribution in [0.2, 0.25) is 0 Å². The highest BCUT2D eigenvalue weighted by Crippen LogP contribution is 2.35. The minimum atomic E-state index is -0.0597. The second-order valence-electron chi connectivity index (χ2n) is 17.3. The van der Waals surface area contributed by atoms with E-state index < -0.39 is 0 Å². The minimum Gasteiger partial charge on any atom is -0.507 e. The Kier molecular flexibility index (Phi) is 11.1. The maximum absolute atomic E-state index is 11.6. The Morgan fingerprint density at radius 2 is 1.00 bits per heavy atom. The summed E-state index contributed by atoms with van der Waals surface area (Å²) in [5.41, 5.74) is 5.80. The van der Waals surface area contributed by atoms with Gasteiger partial charge in [0, 0.05) is 34.7 Å². The number of phenols is 2. The van der Waals surface area contributed by atoms with Crippen molar-refractivity contribution in [1.29, 1.82) is 0 Å². The van der Waals surface area contributed by atoms with E-state index in [0.717, 1.165) is 123 Å². The number of nitrogens with zero attached hydrogens (tertiary/aromatic N) is 4. The van der Waals surface area contributed by atoms with E-state index in [1.807, 2.05) is 12.4 Å². The smallest absolute Gasteiger partial charge is 0.133 e. The van der Waals surface area contributed by atoms with E-state index in [9.17, 15) is 10.2 Å². The highest BCUT2D eigenvalue weighted by molar-refractivity contribution is 5.86. The molecule has 2 atom stereocenters. The van der Waals surface area contributed by atoms with E-state index in [4.69, 9.17) is 19.5 Å². The molecule has 2 heterocycles. The molecule has 264 valence electrons. The van der Waals surface area contributed by atoms with Crippen molar-refractivity contribution in [2.45, 2.75) is 103 Å². The number of aliphatic imine (C=N–C) groups is 2. The first-order valence-corrected chi connectivity index (χ1v) is 18.2. The summed E-state index contributed by atoms with van der Waals surface area (Å²) in [5.74, 6) is 0.669. The van der Waals surface area contributed by atoms with E-state index in [1.54, 1.807) is 0 Å². The van der Waals surface area contributed by atoms with Crippen LogP contribution in [-0.4, -0.2) is 110 Å². The van der Waals surface area contributed by atoms with E-state index in [2.05, 4.69) is 79.9 Å². The molecular weight excluding hydrogens is 600 g/mol. The van der Waals surface area contributed by atoms with Crippen LogP contribution in [0.4, 0.5) is 0 Å². The molecule has 0 amide bonds. The summed E-state index contributed by atoms with van der Waals surface area (Å²) in [6, 6.07) is 8.63.